The van der Waals surface area contributed by atoms with E-state index in [0.29, 0.717) is 5.69 Å². The van der Waals surface area contributed by atoms with Crippen molar-refractivity contribution in [1.29, 1.82) is 0 Å². The van der Waals surface area contributed by atoms with E-state index in [0.717, 1.165) is 10.4 Å². The Morgan fingerprint density at radius 2 is 2.20 bits per heavy atom. The van der Waals surface area contributed by atoms with Gasteiger partial charge in [-0.2, -0.15) is 0 Å². The lowest BCUT2D eigenvalue weighted by molar-refractivity contribution is -0.384. The van der Waals surface area contributed by atoms with Crippen LogP contribution in [0.1, 0.15) is 0 Å². The van der Waals surface area contributed by atoms with Crippen molar-refractivity contribution in [2.45, 2.75) is 6.10 Å². The smallest absolute Gasteiger partial charge is 0.292 e. The Morgan fingerprint density at radius 1 is 1.40 bits per heavy atom. The molecular weight excluding hydrogens is 280 g/mol. The molecule has 20 heavy (non-hydrogen) atoms. The van der Waals surface area contributed by atoms with Crippen LogP contribution >= 0.6 is 11.3 Å². The summed E-state index contributed by atoms with van der Waals surface area (Å²) in [5.74, 6) is 0. The normalized spacial score (nSPS) is 12.1. The largest absolute Gasteiger partial charge is 0.394 e. The number of aliphatic hydroxyl groups is 2. The first kappa shape index (κ1) is 14.4. The Labute approximate surface area is 119 Å². The van der Waals surface area contributed by atoms with E-state index in [1.807, 2.05) is 17.5 Å². The van der Waals surface area contributed by atoms with Crippen LogP contribution < -0.4 is 5.32 Å². The van der Waals surface area contributed by atoms with Crippen LogP contribution in [0.5, 0.6) is 0 Å². The number of rotatable bonds is 6. The van der Waals surface area contributed by atoms with E-state index < -0.39 is 17.6 Å². The SMILES string of the molecule is O=[N+]([O-])c1ccc(-c2cccs2)cc1NCC(O)CO. The third-order valence-electron chi connectivity index (χ3n) is 2.74. The maximum Gasteiger partial charge on any atom is 0.292 e. The second kappa shape index (κ2) is 6.47. The zero-order valence-electron chi connectivity index (χ0n) is 10.5. The molecule has 1 unspecified atom stereocenters. The van der Waals surface area contributed by atoms with Crippen molar-refractivity contribution in [2.24, 2.45) is 0 Å². The quantitative estimate of drug-likeness (QED) is 0.560. The van der Waals surface area contributed by atoms with Gasteiger partial charge in [0.05, 0.1) is 17.6 Å². The molecule has 0 aliphatic rings. The highest BCUT2D eigenvalue weighted by Crippen LogP contribution is 2.32. The van der Waals surface area contributed by atoms with Crippen molar-refractivity contribution in [2.75, 3.05) is 18.5 Å². The average Bonchev–Trinajstić information content (AvgIpc) is 2.98. The Bertz CT molecular complexity index is 586. The molecular formula is C13H14N2O4S. The van der Waals surface area contributed by atoms with Crippen molar-refractivity contribution in [3.63, 3.8) is 0 Å². The molecule has 0 aliphatic carbocycles. The second-order valence-corrected chi connectivity index (χ2v) is 5.13. The number of hydrogen-bond acceptors (Lipinski definition) is 6. The van der Waals surface area contributed by atoms with Crippen LogP contribution in [0.2, 0.25) is 0 Å². The maximum absolute atomic E-state index is 11.0. The molecule has 0 bridgehead atoms. The maximum atomic E-state index is 11.0. The van der Waals surface area contributed by atoms with Crippen molar-refractivity contribution in [1.82, 2.24) is 0 Å². The Hall–Kier alpha value is -1.96. The molecule has 2 aromatic rings. The van der Waals surface area contributed by atoms with Gasteiger partial charge in [0.15, 0.2) is 0 Å². The summed E-state index contributed by atoms with van der Waals surface area (Å²) in [6.45, 7) is -0.351. The number of nitro groups is 1. The van der Waals surface area contributed by atoms with E-state index in [1.54, 1.807) is 23.5 Å². The van der Waals surface area contributed by atoms with Crippen molar-refractivity contribution in [3.05, 3.63) is 45.8 Å². The molecule has 3 N–H and O–H groups in total. The van der Waals surface area contributed by atoms with Crippen LogP contribution in [-0.4, -0.2) is 34.4 Å². The van der Waals surface area contributed by atoms with Gasteiger partial charge < -0.3 is 15.5 Å². The summed E-state index contributed by atoms with van der Waals surface area (Å²) in [5.41, 5.74) is 1.13. The molecule has 1 aromatic heterocycles. The fourth-order valence-corrected chi connectivity index (χ4v) is 2.45. The molecule has 0 spiro atoms. The van der Waals surface area contributed by atoms with E-state index >= 15 is 0 Å². The van der Waals surface area contributed by atoms with Gasteiger partial charge in [0.2, 0.25) is 0 Å². The van der Waals surface area contributed by atoms with Crippen LogP contribution in [0.3, 0.4) is 0 Å². The molecule has 0 amide bonds. The summed E-state index contributed by atoms with van der Waals surface area (Å²) in [6, 6.07) is 8.64. The average molecular weight is 294 g/mol. The van der Waals surface area contributed by atoms with Crippen LogP contribution in [0.4, 0.5) is 11.4 Å². The molecule has 0 saturated carbocycles. The molecule has 0 fully saturated rings. The first-order valence-corrected chi connectivity index (χ1v) is 6.85. The van der Waals surface area contributed by atoms with E-state index in [2.05, 4.69) is 5.32 Å². The van der Waals surface area contributed by atoms with Crippen molar-refractivity contribution in [3.8, 4) is 10.4 Å². The number of nitro benzene ring substituents is 1. The van der Waals surface area contributed by atoms with Gasteiger partial charge in [0.1, 0.15) is 5.69 Å². The molecule has 1 aromatic carbocycles. The molecule has 6 nitrogen and oxygen atoms in total. The van der Waals surface area contributed by atoms with E-state index in [4.69, 9.17) is 5.11 Å². The summed E-state index contributed by atoms with van der Waals surface area (Å²) in [6.07, 6.45) is -0.958. The highest BCUT2D eigenvalue weighted by Gasteiger charge is 2.15. The third-order valence-corrected chi connectivity index (χ3v) is 3.66. The van der Waals surface area contributed by atoms with Gasteiger partial charge in [-0.3, -0.25) is 10.1 Å². The molecule has 0 aliphatic heterocycles. The first-order valence-electron chi connectivity index (χ1n) is 5.97. The van der Waals surface area contributed by atoms with Gasteiger partial charge >= 0.3 is 0 Å². The van der Waals surface area contributed by atoms with E-state index in [1.165, 1.54) is 6.07 Å². The fourth-order valence-electron chi connectivity index (χ4n) is 1.73. The zero-order valence-corrected chi connectivity index (χ0v) is 11.3. The highest BCUT2D eigenvalue weighted by atomic mass is 32.1. The van der Waals surface area contributed by atoms with Gasteiger partial charge in [-0.05, 0) is 29.1 Å². The number of aliphatic hydroxyl groups excluding tert-OH is 2. The fraction of sp³-hybridized carbons (Fsp3) is 0.231. The standard InChI is InChI=1S/C13H14N2O4S/c16-8-10(17)7-14-11-6-9(13-2-1-5-20-13)3-4-12(11)15(18)19/h1-6,10,14,16-17H,7-8H2. The molecule has 1 atom stereocenters. The monoisotopic (exact) mass is 294 g/mol. The minimum Gasteiger partial charge on any atom is -0.394 e. The van der Waals surface area contributed by atoms with Gasteiger partial charge in [0.25, 0.3) is 5.69 Å². The number of thiophene rings is 1. The molecule has 0 radical (unpaired) electrons. The summed E-state index contributed by atoms with van der Waals surface area (Å²) < 4.78 is 0. The zero-order chi connectivity index (χ0) is 14.5. The number of benzene rings is 1. The lowest BCUT2D eigenvalue weighted by Crippen LogP contribution is -2.23. The first-order chi connectivity index (χ1) is 9.61. The Morgan fingerprint density at radius 3 is 2.80 bits per heavy atom. The summed E-state index contributed by atoms with van der Waals surface area (Å²) in [4.78, 5) is 11.5. The van der Waals surface area contributed by atoms with Crippen molar-refractivity contribution >= 4 is 22.7 Å². The lowest BCUT2D eigenvalue weighted by atomic mass is 10.1. The molecule has 106 valence electrons. The lowest BCUT2D eigenvalue weighted by Gasteiger charge is -2.11. The molecule has 1 heterocycles. The summed E-state index contributed by atoms with van der Waals surface area (Å²) in [7, 11) is 0. The summed E-state index contributed by atoms with van der Waals surface area (Å²) >= 11 is 1.54. The van der Waals surface area contributed by atoms with Gasteiger partial charge in [-0.1, -0.05) is 6.07 Å². The van der Waals surface area contributed by atoms with Gasteiger partial charge in [0, 0.05) is 17.5 Å². The Kier molecular flexibility index (Phi) is 4.67. The van der Waals surface area contributed by atoms with E-state index in [9.17, 15) is 15.2 Å². The van der Waals surface area contributed by atoms with Crippen LogP contribution in [0.15, 0.2) is 35.7 Å². The Balaban J connectivity index is 2.30. The number of hydrogen-bond donors (Lipinski definition) is 3. The number of anilines is 1. The predicted molar refractivity (Wildman–Crippen MR) is 78.0 cm³/mol. The minimum atomic E-state index is -0.958. The minimum absolute atomic E-state index is 0.0469. The van der Waals surface area contributed by atoms with Gasteiger partial charge in [-0.15, -0.1) is 11.3 Å². The van der Waals surface area contributed by atoms with Gasteiger partial charge in [-0.25, -0.2) is 0 Å². The molecule has 2 rings (SSSR count). The molecule has 0 saturated heterocycles. The van der Waals surface area contributed by atoms with Crippen molar-refractivity contribution < 1.29 is 15.1 Å². The third kappa shape index (κ3) is 3.32. The van der Waals surface area contributed by atoms with Crippen LogP contribution in [0.25, 0.3) is 10.4 Å². The van der Waals surface area contributed by atoms with Crippen LogP contribution in [0, 0.1) is 10.1 Å². The summed E-state index contributed by atoms with van der Waals surface area (Å²) in [5, 5.41) is 33.8. The highest BCUT2D eigenvalue weighted by molar-refractivity contribution is 7.13. The van der Waals surface area contributed by atoms with Crippen LogP contribution in [-0.2, 0) is 0 Å². The number of nitrogens with zero attached hydrogens (tertiary/aromatic N) is 1. The molecule has 7 heteroatoms. The topological polar surface area (TPSA) is 95.6 Å². The predicted octanol–water partition coefficient (Wildman–Crippen LogP) is 2.09. The second-order valence-electron chi connectivity index (χ2n) is 4.18. The number of nitrogens with one attached hydrogen (secondary N) is 1. The van der Waals surface area contributed by atoms with E-state index in [-0.39, 0.29) is 12.2 Å².